The summed E-state index contributed by atoms with van der Waals surface area (Å²) in [7, 11) is 1.65. The largest absolute Gasteiger partial charge is 0.356 e. The number of aliphatic imine (C=N–C) groups is 1. The van der Waals surface area contributed by atoms with Crippen LogP contribution in [0.1, 0.15) is 24.0 Å². The molecule has 142 valence electrons. The van der Waals surface area contributed by atoms with E-state index in [1.165, 1.54) is 6.07 Å². The first-order valence-electron chi connectivity index (χ1n) is 9.13. The number of amides is 1. The van der Waals surface area contributed by atoms with Gasteiger partial charge in [0.1, 0.15) is 5.82 Å². The molecule has 0 bridgehead atoms. The average Bonchev–Trinajstić information content (AvgIpc) is 3.48. The summed E-state index contributed by atoms with van der Waals surface area (Å²) in [5.74, 6) is 0.254. The van der Waals surface area contributed by atoms with Gasteiger partial charge in [-0.1, -0.05) is 48.5 Å². The summed E-state index contributed by atoms with van der Waals surface area (Å²) in [6.07, 6.45) is 1.88. The SMILES string of the molecule is CN=C(NCC(=O)NCc1ccccc1)NCC1(c2ccccc2F)CC1. The standard InChI is InChI=1S/C21H25FN4O/c1-23-20(25-14-19(27)24-13-16-7-3-2-4-8-16)26-15-21(11-12-21)17-9-5-6-10-18(17)22/h2-10H,11-15H2,1H3,(H,24,27)(H2,23,25,26). The zero-order valence-electron chi connectivity index (χ0n) is 15.5. The van der Waals surface area contributed by atoms with Gasteiger partial charge in [0.15, 0.2) is 5.96 Å². The fourth-order valence-electron chi connectivity index (χ4n) is 3.08. The topological polar surface area (TPSA) is 65.5 Å². The predicted molar refractivity (Wildman–Crippen MR) is 105 cm³/mol. The highest BCUT2D eigenvalue weighted by Gasteiger charge is 2.45. The molecule has 1 saturated carbocycles. The molecule has 3 N–H and O–H groups in total. The second-order valence-electron chi connectivity index (χ2n) is 6.80. The number of guanidine groups is 1. The van der Waals surface area contributed by atoms with Crippen LogP contribution >= 0.6 is 0 Å². The van der Waals surface area contributed by atoms with Crippen molar-refractivity contribution in [2.45, 2.75) is 24.8 Å². The Labute approximate surface area is 159 Å². The van der Waals surface area contributed by atoms with Crippen LogP contribution in [0.5, 0.6) is 0 Å². The van der Waals surface area contributed by atoms with Crippen LogP contribution in [0.4, 0.5) is 4.39 Å². The summed E-state index contributed by atoms with van der Waals surface area (Å²) in [4.78, 5) is 16.2. The molecule has 0 heterocycles. The molecule has 2 aromatic carbocycles. The van der Waals surface area contributed by atoms with E-state index < -0.39 is 0 Å². The molecule has 0 unspecified atom stereocenters. The van der Waals surface area contributed by atoms with Gasteiger partial charge in [0, 0.05) is 25.6 Å². The quantitative estimate of drug-likeness (QED) is 0.519. The number of hydrogen-bond acceptors (Lipinski definition) is 2. The van der Waals surface area contributed by atoms with Gasteiger partial charge in [-0.3, -0.25) is 9.79 Å². The van der Waals surface area contributed by atoms with Gasteiger partial charge in [0.2, 0.25) is 5.91 Å². The predicted octanol–water partition coefficient (Wildman–Crippen LogP) is 2.34. The van der Waals surface area contributed by atoms with Crippen LogP contribution in [0.25, 0.3) is 0 Å². The van der Waals surface area contributed by atoms with Crippen LogP contribution < -0.4 is 16.0 Å². The maximum atomic E-state index is 14.1. The third kappa shape index (κ3) is 5.06. The number of hydrogen-bond donors (Lipinski definition) is 3. The molecular weight excluding hydrogens is 343 g/mol. The molecule has 1 amide bonds. The Morgan fingerprint density at radius 1 is 1.04 bits per heavy atom. The molecule has 1 aliphatic rings. The van der Waals surface area contributed by atoms with Gasteiger partial charge in [-0.05, 0) is 30.0 Å². The van der Waals surface area contributed by atoms with Crippen molar-refractivity contribution in [3.05, 3.63) is 71.5 Å². The lowest BCUT2D eigenvalue weighted by Crippen LogP contribution is -2.45. The number of rotatable bonds is 7. The Hall–Kier alpha value is -2.89. The Bertz CT molecular complexity index is 803. The first-order chi connectivity index (χ1) is 13.1. The third-order valence-electron chi connectivity index (χ3n) is 4.87. The molecule has 3 rings (SSSR count). The van der Waals surface area contributed by atoms with Crippen LogP contribution in [0.15, 0.2) is 59.6 Å². The molecule has 0 atom stereocenters. The summed E-state index contributed by atoms with van der Waals surface area (Å²) in [5.41, 5.74) is 1.61. The maximum absolute atomic E-state index is 14.1. The van der Waals surface area contributed by atoms with Gasteiger partial charge in [-0.15, -0.1) is 0 Å². The first kappa shape index (κ1) is 18.9. The van der Waals surface area contributed by atoms with Crippen molar-refractivity contribution < 1.29 is 9.18 Å². The van der Waals surface area contributed by atoms with Gasteiger partial charge in [0.25, 0.3) is 0 Å². The fourth-order valence-corrected chi connectivity index (χ4v) is 3.08. The van der Waals surface area contributed by atoms with E-state index in [4.69, 9.17) is 0 Å². The van der Waals surface area contributed by atoms with E-state index in [1.54, 1.807) is 13.1 Å². The van der Waals surface area contributed by atoms with Crippen molar-refractivity contribution in [3.8, 4) is 0 Å². The molecule has 1 aliphatic carbocycles. The van der Waals surface area contributed by atoms with Gasteiger partial charge < -0.3 is 16.0 Å². The molecule has 2 aromatic rings. The van der Waals surface area contributed by atoms with Crippen molar-refractivity contribution in [2.24, 2.45) is 4.99 Å². The minimum atomic E-state index is -0.182. The maximum Gasteiger partial charge on any atom is 0.239 e. The molecule has 1 fully saturated rings. The molecule has 0 aromatic heterocycles. The number of nitrogens with one attached hydrogen (secondary N) is 3. The van der Waals surface area contributed by atoms with E-state index in [9.17, 15) is 9.18 Å². The molecule has 0 radical (unpaired) electrons. The summed E-state index contributed by atoms with van der Waals surface area (Å²) >= 11 is 0. The first-order valence-corrected chi connectivity index (χ1v) is 9.13. The highest BCUT2D eigenvalue weighted by Crippen LogP contribution is 2.48. The lowest BCUT2D eigenvalue weighted by molar-refractivity contribution is -0.120. The van der Waals surface area contributed by atoms with E-state index in [0.29, 0.717) is 19.0 Å². The average molecular weight is 368 g/mol. The molecule has 5 nitrogen and oxygen atoms in total. The van der Waals surface area contributed by atoms with E-state index in [-0.39, 0.29) is 23.7 Å². The third-order valence-corrected chi connectivity index (χ3v) is 4.87. The van der Waals surface area contributed by atoms with Gasteiger partial charge in [0.05, 0.1) is 6.54 Å². The van der Waals surface area contributed by atoms with E-state index in [0.717, 1.165) is 24.0 Å². The molecule has 0 spiro atoms. The highest BCUT2D eigenvalue weighted by atomic mass is 19.1. The van der Waals surface area contributed by atoms with Crippen LogP contribution in [-0.4, -0.2) is 32.0 Å². The second-order valence-corrected chi connectivity index (χ2v) is 6.80. The summed E-state index contributed by atoms with van der Waals surface area (Å²) < 4.78 is 14.1. The zero-order chi connectivity index (χ0) is 19.1. The molecule has 0 saturated heterocycles. The Morgan fingerprint density at radius 2 is 1.74 bits per heavy atom. The van der Waals surface area contributed by atoms with Gasteiger partial charge >= 0.3 is 0 Å². The lowest BCUT2D eigenvalue weighted by Gasteiger charge is -2.19. The van der Waals surface area contributed by atoms with Crippen molar-refractivity contribution in [1.29, 1.82) is 0 Å². The van der Waals surface area contributed by atoms with Crippen LogP contribution in [0.2, 0.25) is 0 Å². The van der Waals surface area contributed by atoms with E-state index in [1.807, 2.05) is 42.5 Å². The van der Waals surface area contributed by atoms with Crippen molar-refractivity contribution in [2.75, 3.05) is 20.1 Å². The highest BCUT2D eigenvalue weighted by molar-refractivity contribution is 5.86. The van der Waals surface area contributed by atoms with Crippen molar-refractivity contribution in [3.63, 3.8) is 0 Å². The Balaban J connectivity index is 1.45. The summed E-state index contributed by atoms with van der Waals surface area (Å²) in [6, 6.07) is 16.7. The number of benzene rings is 2. The van der Waals surface area contributed by atoms with E-state index in [2.05, 4.69) is 20.9 Å². The second kappa shape index (κ2) is 8.66. The molecule has 6 heteroatoms. The number of carbonyl (C=O) groups is 1. The van der Waals surface area contributed by atoms with Crippen LogP contribution in [0.3, 0.4) is 0 Å². The van der Waals surface area contributed by atoms with Crippen molar-refractivity contribution in [1.82, 2.24) is 16.0 Å². The van der Waals surface area contributed by atoms with E-state index >= 15 is 0 Å². The van der Waals surface area contributed by atoms with Crippen molar-refractivity contribution >= 4 is 11.9 Å². The monoisotopic (exact) mass is 368 g/mol. The zero-order valence-corrected chi connectivity index (χ0v) is 15.5. The molecular formula is C21H25FN4O. The molecule has 27 heavy (non-hydrogen) atoms. The number of carbonyl (C=O) groups excluding carboxylic acids is 1. The fraction of sp³-hybridized carbons (Fsp3) is 0.333. The Kier molecular flexibility index (Phi) is 6.06. The smallest absolute Gasteiger partial charge is 0.239 e. The summed E-state index contributed by atoms with van der Waals surface area (Å²) in [5, 5.41) is 9.09. The lowest BCUT2D eigenvalue weighted by atomic mass is 9.95. The normalized spacial score (nSPS) is 15.1. The minimum Gasteiger partial charge on any atom is -0.356 e. The number of halogens is 1. The number of nitrogens with zero attached hydrogens (tertiary/aromatic N) is 1. The Morgan fingerprint density at radius 3 is 2.41 bits per heavy atom. The van der Waals surface area contributed by atoms with Crippen LogP contribution in [0, 0.1) is 5.82 Å². The van der Waals surface area contributed by atoms with Gasteiger partial charge in [-0.25, -0.2) is 4.39 Å². The minimum absolute atomic E-state index is 0.114. The summed E-state index contributed by atoms with van der Waals surface area (Å²) in [6.45, 7) is 1.20. The molecule has 0 aliphatic heterocycles. The van der Waals surface area contributed by atoms with Gasteiger partial charge in [-0.2, -0.15) is 0 Å². The van der Waals surface area contributed by atoms with Crippen LogP contribution in [-0.2, 0) is 16.8 Å².